The van der Waals surface area contributed by atoms with Crippen molar-refractivity contribution >= 4 is 17.2 Å². The summed E-state index contributed by atoms with van der Waals surface area (Å²) in [6, 6.07) is 10.8. The quantitative estimate of drug-likeness (QED) is 0.804. The average molecular weight is 311 g/mol. The van der Waals surface area contributed by atoms with Crippen molar-refractivity contribution in [1.29, 1.82) is 0 Å². The molecule has 0 aliphatic rings. The molecular weight excluding hydrogens is 294 g/mol. The van der Waals surface area contributed by atoms with Crippen molar-refractivity contribution in [2.24, 2.45) is 0 Å². The Morgan fingerprint density at radius 3 is 2.48 bits per heavy atom. The number of fused-ring (bicyclic) bond motifs is 1. The average Bonchev–Trinajstić information content (AvgIpc) is 2.90. The summed E-state index contributed by atoms with van der Waals surface area (Å²) in [6.45, 7) is 1.81. The van der Waals surface area contributed by atoms with Gasteiger partial charge in [0, 0.05) is 30.1 Å². The molecule has 2 aromatic heterocycles. The highest BCUT2D eigenvalue weighted by molar-refractivity contribution is 6.04. The summed E-state index contributed by atoms with van der Waals surface area (Å²) >= 11 is 0. The predicted octanol–water partition coefficient (Wildman–Crippen LogP) is 2.91. The fourth-order valence-corrected chi connectivity index (χ4v) is 2.46. The number of methoxy groups -OCH3 is 2. The molecule has 1 aromatic carbocycles. The van der Waals surface area contributed by atoms with E-state index in [0.717, 1.165) is 5.65 Å². The van der Waals surface area contributed by atoms with Gasteiger partial charge in [0.25, 0.3) is 5.91 Å². The molecule has 0 unspecified atom stereocenters. The van der Waals surface area contributed by atoms with E-state index in [2.05, 4.69) is 10.3 Å². The minimum Gasteiger partial charge on any atom is -0.497 e. The van der Waals surface area contributed by atoms with Gasteiger partial charge in [0.1, 0.15) is 22.8 Å². The van der Waals surface area contributed by atoms with Crippen molar-refractivity contribution in [1.82, 2.24) is 9.38 Å². The van der Waals surface area contributed by atoms with Crippen LogP contribution in [0.15, 0.2) is 42.6 Å². The van der Waals surface area contributed by atoms with E-state index in [0.29, 0.717) is 28.6 Å². The molecule has 1 N–H and O–H groups in total. The molecule has 3 aromatic rings. The summed E-state index contributed by atoms with van der Waals surface area (Å²) < 4.78 is 12.2. The molecule has 0 saturated carbocycles. The number of ether oxygens (including phenoxy) is 2. The van der Waals surface area contributed by atoms with E-state index in [-0.39, 0.29) is 5.91 Å². The topological polar surface area (TPSA) is 64.9 Å². The maximum atomic E-state index is 12.7. The minimum atomic E-state index is -0.239. The third kappa shape index (κ3) is 2.83. The molecule has 0 fully saturated rings. The van der Waals surface area contributed by atoms with Crippen LogP contribution in [0.5, 0.6) is 11.5 Å². The molecule has 3 rings (SSSR count). The second-order valence-electron chi connectivity index (χ2n) is 5.03. The molecule has 23 heavy (non-hydrogen) atoms. The smallest absolute Gasteiger partial charge is 0.274 e. The molecule has 0 aliphatic carbocycles. The number of pyridine rings is 1. The fraction of sp³-hybridized carbons (Fsp3) is 0.176. The van der Waals surface area contributed by atoms with Crippen molar-refractivity contribution in [3.8, 4) is 11.5 Å². The number of imidazole rings is 1. The van der Waals surface area contributed by atoms with Gasteiger partial charge in [0.05, 0.1) is 19.9 Å². The Bertz CT molecular complexity index is 848. The van der Waals surface area contributed by atoms with Gasteiger partial charge in [0.15, 0.2) is 0 Å². The Kier molecular flexibility index (Phi) is 3.89. The van der Waals surface area contributed by atoms with Crippen LogP contribution >= 0.6 is 0 Å². The van der Waals surface area contributed by atoms with E-state index in [4.69, 9.17) is 9.47 Å². The lowest BCUT2D eigenvalue weighted by Gasteiger charge is -2.10. The first kappa shape index (κ1) is 14.9. The first-order valence-corrected chi connectivity index (χ1v) is 7.10. The molecule has 1 amide bonds. The van der Waals surface area contributed by atoms with Gasteiger partial charge in [-0.2, -0.15) is 0 Å². The van der Waals surface area contributed by atoms with Crippen molar-refractivity contribution < 1.29 is 14.3 Å². The number of amides is 1. The van der Waals surface area contributed by atoms with Crippen molar-refractivity contribution in [2.45, 2.75) is 6.92 Å². The lowest BCUT2D eigenvalue weighted by Crippen LogP contribution is -2.15. The summed E-state index contributed by atoms with van der Waals surface area (Å²) in [5.74, 6) is 0.973. The van der Waals surface area contributed by atoms with Crippen LogP contribution in [0.2, 0.25) is 0 Å². The number of aryl methyl sites for hydroxylation is 1. The summed E-state index contributed by atoms with van der Waals surface area (Å²) in [7, 11) is 3.13. The van der Waals surface area contributed by atoms with E-state index in [1.54, 1.807) is 36.8 Å². The third-order valence-corrected chi connectivity index (χ3v) is 3.53. The van der Waals surface area contributed by atoms with Crippen molar-refractivity contribution in [3.63, 3.8) is 0 Å². The first-order chi connectivity index (χ1) is 11.1. The lowest BCUT2D eigenvalue weighted by atomic mass is 10.2. The van der Waals surface area contributed by atoms with E-state index in [1.165, 1.54) is 0 Å². The van der Waals surface area contributed by atoms with Gasteiger partial charge < -0.3 is 14.8 Å². The van der Waals surface area contributed by atoms with Crippen LogP contribution in [0.1, 0.15) is 16.2 Å². The molecule has 6 heteroatoms. The van der Waals surface area contributed by atoms with E-state index >= 15 is 0 Å². The number of carbonyl (C=O) groups excluding carboxylic acids is 1. The largest absolute Gasteiger partial charge is 0.497 e. The number of hydrogen-bond donors (Lipinski definition) is 1. The van der Waals surface area contributed by atoms with Gasteiger partial charge in [-0.25, -0.2) is 4.98 Å². The number of benzene rings is 1. The van der Waals surface area contributed by atoms with Crippen LogP contribution in [-0.2, 0) is 0 Å². The number of hydrogen-bond acceptors (Lipinski definition) is 4. The number of aromatic nitrogens is 2. The molecule has 6 nitrogen and oxygen atoms in total. The summed E-state index contributed by atoms with van der Waals surface area (Å²) in [5.41, 5.74) is 2.50. The highest BCUT2D eigenvalue weighted by Crippen LogP contribution is 2.26. The molecule has 0 bridgehead atoms. The Hall–Kier alpha value is -3.02. The van der Waals surface area contributed by atoms with Gasteiger partial charge in [-0.1, -0.05) is 6.07 Å². The maximum absolute atomic E-state index is 12.7. The zero-order valence-corrected chi connectivity index (χ0v) is 13.2. The second-order valence-corrected chi connectivity index (χ2v) is 5.03. The zero-order valence-electron chi connectivity index (χ0n) is 13.2. The van der Waals surface area contributed by atoms with E-state index in [1.807, 2.05) is 31.3 Å². The molecule has 0 atom stereocenters. The number of anilines is 1. The van der Waals surface area contributed by atoms with Crippen LogP contribution in [0.3, 0.4) is 0 Å². The monoisotopic (exact) mass is 311 g/mol. The van der Waals surface area contributed by atoms with Gasteiger partial charge >= 0.3 is 0 Å². The van der Waals surface area contributed by atoms with Crippen LogP contribution in [0.4, 0.5) is 5.69 Å². The van der Waals surface area contributed by atoms with Crippen molar-refractivity contribution in [3.05, 3.63) is 54.0 Å². The molecular formula is C17H17N3O3. The third-order valence-electron chi connectivity index (χ3n) is 3.53. The van der Waals surface area contributed by atoms with Crippen LogP contribution in [0.25, 0.3) is 5.65 Å². The first-order valence-electron chi connectivity index (χ1n) is 7.10. The Labute approximate surface area is 133 Å². The van der Waals surface area contributed by atoms with Gasteiger partial charge in [-0.3, -0.25) is 9.20 Å². The highest BCUT2D eigenvalue weighted by Gasteiger charge is 2.17. The highest BCUT2D eigenvalue weighted by atomic mass is 16.5. The number of nitrogens with zero attached hydrogens (tertiary/aromatic N) is 2. The van der Waals surface area contributed by atoms with E-state index in [9.17, 15) is 4.79 Å². The predicted molar refractivity (Wildman–Crippen MR) is 87.4 cm³/mol. The fourth-order valence-electron chi connectivity index (χ4n) is 2.46. The molecule has 0 spiro atoms. The van der Waals surface area contributed by atoms with Crippen LogP contribution in [0, 0.1) is 6.92 Å². The normalized spacial score (nSPS) is 10.6. The summed E-state index contributed by atoms with van der Waals surface area (Å²) in [6.07, 6.45) is 1.82. The number of carbonyl (C=O) groups is 1. The number of rotatable bonds is 4. The lowest BCUT2D eigenvalue weighted by molar-refractivity contribution is 0.102. The van der Waals surface area contributed by atoms with Crippen LogP contribution in [-0.4, -0.2) is 29.5 Å². The van der Waals surface area contributed by atoms with Gasteiger partial charge in [-0.15, -0.1) is 0 Å². The Morgan fingerprint density at radius 1 is 1.13 bits per heavy atom. The van der Waals surface area contributed by atoms with Crippen molar-refractivity contribution in [2.75, 3.05) is 19.5 Å². The van der Waals surface area contributed by atoms with Crippen LogP contribution < -0.4 is 14.8 Å². The Morgan fingerprint density at radius 2 is 1.83 bits per heavy atom. The summed E-state index contributed by atoms with van der Waals surface area (Å²) in [4.78, 5) is 17.1. The SMILES string of the molecule is COc1cc(NC(=O)c2c(C)nc3ccccn23)cc(OC)c1. The molecule has 0 aliphatic heterocycles. The maximum Gasteiger partial charge on any atom is 0.274 e. The molecule has 2 heterocycles. The molecule has 118 valence electrons. The molecule has 0 radical (unpaired) electrons. The minimum absolute atomic E-state index is 0.239. The summed E-state index contributed by atoms with van der Waals surface area (Å²) in [5, 5.41) is 2.87. The second kappa shape index (κ2) is 6.00. The number of nitrogens with one attached hydrogen (secondary N) is 1. The van der Waals surface area contributed by atoms with E-state index < -0.39 is 0 Å². The standard InChI is InChI=1S/C17H17N3O3/c1-11-16(20-7-5-4-6-15(20)18-11)17(21)19-12-8-13(22-2)10-14(9-12)23-3/h4-10H,1-3H3,(H,19,21). The zero-order chi connectivity index (χ0) is 16.4. The molecule has 0 saturated heterocycles. The van der Waals surface area contributed by atoms with Gasteiger partial charge in [0.2, 0.25) is 0 Å². The Balaban J connectivity index is 1.96. The van der Waals surface area contributed by atoms with Gasteiger partial charge in [-0.05, 0) is 19.1 Å².